The van der Waals surface area contributed by atoms with E-state index < -0.39 is 11.8 Å². The Morgan fingerprint density at radius 1 is 0.962 bits per heavy atom. The molecule has 2 atom stereocenters. The number of hydrogen-bond donors (Lipinski definition) is 0. The molecule has 1 aromatic carbocycles. The molecule has 6 nitrogen and oxygen atoms in total. The van der Waals surface area contributed by atoms with Gasteiger partial charge >= 0.3 is 0 Å². The average molecular weight is 374 g/mol. The molecule has 2 saturated heterocycles. The second-order valence-electron chi connectivity index (χ2n) is 7.09. The van der Waals surface area contributed by atoms with E-state index in [2.05, 4.69) is 0 Å². The van der Waals surface area contributed by atoms with Crippen molar-refractivity contribution < 1.29 is 19.2 Å². The van der Waals surface area contributed by atoms with Gasteiger partial charge in [-0.25, -0.2) is 5.01 Å². The number of carbonyl (C=O) groups is 4. The van der Waals surface area contributed by atoms with Crippen molar-refractivity contribution in [1.29, 1.82) is 0 Å². The van der Waals surface area contributed by atoms with Gasteiger partial charge in [-0.2, -0.15) is 13.5 Å². The minimum absolute atomic E-state index is 0. The van der Waals surface area contributed by atoms with E-state index in [9.17, 15) is 19.2 Å². The molecule has 2 amide bonds. The van der Waals surface area contributed by atoms with Crippen molar-refractivity contribution >= 4 is 36.9 Å². The average Bonchev–Trinajstić information content (AvgIpc) is 2.78. The lowest BCUT2D eigenvalue weighted by atomic mass is 9.84. The van der Waals surface area contributed by atoms with Crippen LogP contribution in [0.1, 0.15) is 53.3 Å². The predicted molar refractivity (Wildman–Crippen MR) is 99.0 cm³/mol. The molecule has 2 heterocycles. The van der Waals surface area contributed by atoms with Crippen molar-refractivity contribution in [3.63, 3.8) is 0 Å². The maximum atomic E-state index is 13.2. The molecule has 26 heavy (non-hydrogen) atoms. The van der Waals surface area contributed by atoms with Crippen LogP contribution in [0.25, 0.3) is 0 Å². The van der Waals surface area contributed by atoms with Gasteiger partial charge in [0.05, 0.1) is 17.9 Å². The third-order valence-corrected chi connectivity index (χ3v) is 5.59. The highest BCUT2D eigenvalue weighted by molar-refractivity contribution is 7.59. The number of rotatable bonds is 1. The molecule has 138 valence electrons. The lowest BCUT2D eigenvalue weighted by Crippen LogP contribution is -2.57. The standard InChI is InChI=1S/C19H20N2O4.H2S/c1-11-5-4-10-20-15(22)9-8-14(19(25)21(11)20)16-17(23)12-6-2-3-7-13(12)18(16)24;/h2-3,6-7,11,14,16H,4-5,8-10H2,1H3;1H2/t11?,14-;/m1./s1. The third kappa shape index (κ3) is 2.65. The highest BCUT2D eigenvalue weighted by Gasteiger charge is 2.50. The first-order valence-electron chi connectivity index (χ1n) is 8.81. The zero-order chi connectivity index (χ0) is 17.7. The fourth-order valence-electron chi connectivity index (χ4n) is 4.33. The monoisotopic (exact) mass is 374 g/mol. The van der Waals surface area contributed by atoms with Crippen LogP contribution in [0.2, 0.25) is 0 Å². The molecule has 0 aromatic heterocycles. The Balaban J connectivity index is 0.00000196. The van der Waals surface area contributed by atoms with E-state index in [0.717, 1.165) is 12.8 Å². The van der Waals surface area contributed by atoms with Gasteiger partial charge in [0.1, 0.15) is 0 Å². The van der Waals surface area contributed by atoms with Crippen LogP contribution in [0.3, 0.4) is 0 Å². The zero-order valence-electron chi connectivity index (χ0n) is 14.6. The molecule has 0 saturated carbocycles. The third-order valence-electron chi connectivity index (χ3n) is 5.59. The number of ketones is 2. The number of amides is 2. The molecule has 4 rings (SSSR count). The summed E-state index contributed by atoms with van der Waals surface area (Å²) in [5.74, 6) is -2.70. The molecule has 0 N–H and O–H groups in total. The normalized spacial score (nSPS) is 26.3. The fourth-order valence-corrected chi connectivity index (χ4v) is 4.33. The summed E-state index contributed by atoms with van der Waals surface area (Å²) in [6.45, 7) is 2.43. The molecule has 7 heteroatoms. The van der Waals surface area contributed by atoms with Crippen LogP contribution in [0.15, 0.2) is 24.3 Å². The topological polar surface area (TPSA) is 74.8 Å². The van der Waals surface area contributed by atoms with Crippen LogP contribution in [0.4, 0.5) is 0 Å². The number of hydrogen-bond acceptors (Lipinski definition) is 4. The summed E-state index contributed by atoms with van der Waals surface area (Å²) >= 11 is 0. The Hall–Kier alpha value is -2.15. The van der Waals surface area contributed by atoms with Gasteiger partial charge in [-0.15, -0.1) is 0 Å². The van der Waals surface area contributed by atoms with Crippen molar-refractivity contribution in [2.45, 2.75) is 38.6 Å². The summed E-state index contributed by atoms with van der Waals surface area (Å²) in [5.41, 5.74) is 0.786. The highest BCUT2D eigenvalue weighted by Crippen LogP contribution is 2.37. The lowest BCUT2D eigenvalue weighted by Gasteiger charge is -2.42. The summed E-state index contributed by atoms with van der Waals surface area (Å²) in [5, 5.41) is 3.03. The minimum Gasteiger partial charge on any atom is -0.293 e. The molecular formula is C19H22N2O4S. The van der Waals surface area contributed by atoms with E-state index in [1.165, 1.54) is 10.0 Å². The van der Waals surface area contributed by atoms with Crippen LogP contribution in [0, 0.1) is 11.8 Å². The number of Topliss-reactive ketones (excluding diaryl/α,β-unsaturated/α-hetero) is 2. The Morgan fingerprint density at radius 2 is 1.58 bits per heavy atom. The van der Waals surface area contributed by atoms with Crippen LogP contribution in [-0.2, 0) is 9.59 Å². The number of carbonyl (C=O) groups excluding carboxylic acids is 4. The first-order valence-corrected chi connectivity index (χ1v) is 8.81. The summed E-state index contributed by atoms with van der Waals surface area (Å²) in [4.78, 5) is 51.2. The van der Waals surface area contributed by atoms with Crippen LogP contribution >= 0.6 is 13.5 Å². The molecule has 1 unspecified atom stereocenters. The van der Waals surface area contributed by atoms with Gasteiger partial charge in [0.2, 0.25) is 11.8 Å². The van der Waals surface area contributed by atoms with E-state index in [0.29, 0.717) is 17.7 Å². The van der Waals surface area contributed by atoms with Crippen LogP contribution < -0.4 is 0 Å². The summed E-state index contributed by atoms with van der Waals surface area (Å²) in [6.07, 6.45) is 2.10. The van der Waals surface area contributed by atoms with Crippen LogP contribution in [-0.4, -0.2) is 46.0 Å². The van der Waals surface area contributed by atoms with Gasteiger partial charge in [-0.3, -0.25) is 24.2 Å². The quantitative estimate of drug-likeness (QED) is 0.704. The van der Waals surface area contributed by atoms with Crippen molar-refractivity contribution in [3.8, 4) is 0 Å². The fraction of sp³-hybridized carbons (Fsp3) is 0.474. The number of hydrazine groups is 1. The molecule has 1 aromatic rings. The molecule has 0 bridgehead atoms. The SMILES string of the molecule is CC1CCCN2C(=O)CC[C@H](C3C(=O)c4ccccc4C3=O)C(=O)N12.S. The second-order valence-corrected chi connectivity index (χ2v) is 7.09. The first-order chi connectivity index (χ1) is 12.0. The molecule has 1 aliphatic carbocycles. The van der Waals surface area contributed by atoms with Crippen LogP contribution in [0.5, 0.6) is 0 Å². The maximum absolute atomic E-state index is 13.2. The maximum Gasteiger partial charge on any atom is 0.245 e. The molecule has 0 spiro atoms. The van der Waals surface area contributed by atoms with Crippen molar-refractivity contribution in [2.75, 3.05) is 6.54 Å². The Bertz CT molecular complexity index is 758. The molecular weight excluding hydrogens is 352 g/mol. The van der Waals surface area contributed by atoms with Crippen molar-refractivity contribution in [2.24, 2.45) is 11.8 Å². The van der Waals surface area contributed by atoms with Gasteiger partial charge in [0.25, 0.3) is 0 Å². The molecule has 0 radical (unpaired) electrons. The Labute approximate surface area is 158 Å². The minimum atomic E-state index is -0.994. The Morgan fingerprint density at radius 3 is 2.19 bits per heavy atom. The smallest absolute Gasteiger partial charge is 0.245 e. The summed E-state index contributed by atoms with van der Waals surface area (Å²) in [6, 6.07) is 6.62. The van der Waals surface area contributed by atoms with Gasteiger partial charge in [-0.05, 0) is 26.2 Å². The highest BCUT2D eigenvalue weighted by atomic mass is 32.1. The predicted octanol–water partition coefficient (Wildman–Crippen LogP) is 1.96. The lowest BCUT2D eigenvalue weighted by molar-refractivity contribution is -0.173. The van der Waals surface area contributed by atoms with Gasteiger partial charge in [0, 0.05) is 24.1 Å². The van der Waals surface area contributed by atoms with E-state index >= 15 is 0 Å². The van der Waals surface area contributed by atoms with Gasteiger partial charge < -0.3 is 0 Å². The number of nitrogens with zero attached hydrogens (tertiary/aromatic N) is 2. The van der Waals surface area contributed by atoms with E-state index in [1.54, 1.807) is 24.3 Å². The number of benzene rings is 1. The second kappa shape index (κ2) is 6.87. The van der Waals surface area contributed by atoms with E-state index in [-0.39, 0.29) is 55.8 Å². The molecule has 2 aliphatic heterocycles. The van der Waals surface area contributed by atoms with Gasteiger partial charge in [0.15, 0.2) is 11.6 Å². The van der Waals surface area contributed by atoms with E-state index in [4.69, 9.17) is 0 Å². The molecule has 2 fully saturated rings. The zero-order valence-corrected chi connectivity index (χ0v) is 15.6. The van der Waals surface area contributed by atoms with E-state index in [1.807, 2.05) is 6.92 Å². The van der Waals surface area contributed by atoms with Gasteiger partial charge in [-0.1, -0.05) is 24.3 Å². The largest absolute Gasteiger partial charge is 0.293 e. The number of fused-ring (bicyclic) bond motifs is 2. The van der Waals surface area contributed by atoms with Crippen molar-refractivity contribution in [1.82, 2.24) is 10.0 Å². The molecule has 3 aliphatic rings. The Kier molecular flexibility index (Phi) is 4.92. The first kappa shape index (κ1) is 18.6. The summed E-state index contributed by atoms with van der Waals surface area (Å²) in [7, 11) is 0. The summed E-state index contributed by atoms with van der Waals surface area (Å²) < 4.78 is 0. The van der Waals surface area contributed by atoms with Crippen molar-refractivity contribution in [3.05, 3.63) is 35.4 Å².